The van der Waals surface area contributed by atoms with Crippen LogP contribution in [-0.2, 0) is 9.84 Å². The van der Waals surface area contributed by atoms with E-state index in [1.54, 1.807) is 17.4 Å². The van der Waals surface area contributed by atoms with Crippen molar-refractivity contribution in [1.82, 2.24) is 10.3 Å². The van der Waals surface area contributed by atoms with Gasteiger partial charge in [-0.3, -0.25) is 4.79 Å². The Balaban J connectivity index is 1.74. The molecule has 0 aromatic carbocycles. The van der Waals surface area contributed by atoms with Crippen molar-refractivity contribution in [3.8, 4) is 0 Å². The largest absolute Gasteiger partial charge is 0.350 e. The van der Waals surface area contributed by atoms with E-state index in [1.807, 2.05) is 11.4 Å². The molecule has 0 bridgehead atoms. The minimum absolute atomic E-state index is 0.0494. The smallest absolute Gasteiger partial charge is 0.268 e. The third-order valence-electron chi connectivity index (χ3n) is 3.05. The normalized spacial score (nSPS) is 22.3. The molecule has 96 valence electrons. The van der Waals surface area contributed by atoms with Crippen LogP contribution in [0, 0.1) is 0 Å². The lowest BCUT2D eigenvalue weighted by Crippen LogP contribution is -2.35. The van der Waals surface area contributed by atoms with Crippen LogP contribution < -0.4 is 5.32 Å². The molecule has 1 saturated heterocycles. The van der Waals surface area contributed by atoms with Gasteiger partial charge in [-0.15, -0.1) is 11.3 Å². The van der Waals surface area contributed by atoms with Crippen molar-refractivity contribution in [1.29, 1.82) is 0 Å². The van der Waals surface area contributed by atoms with E-state index in [0.29, 0.717) is 12.1 Å². The first-order chi connectivity index (χ1) is 8.53. The first-order valence-electron chi connectivity index (χ1n) is 5.61. The highest BCUT2D eigenvalue weighted by atomic mass is 32.2. The number of carbonyl (C=O) groups excluding carboxylic acids is 1. The predicted octanol–water partition coefficient (Wildman–Crippen LogP) is 1.15. The molecular formula is C11H12N2O3S2. The van der Waals surface area contributed by atoms with Gasteiger partial charge < -0.3 is 10.3 Å². The molecule has 3 heterocycles. The minimum Gasteiger partial charge on any atom is -0.350 e. The second-order valence-electron chi connectivity index (χ2n) is 4.45. The van der Waals surface area contributed by atoms with Crippen molar-refractivity contribution in [3.63, 3.8) is 0 Å². The number of H-pyrrole nitrogens is 1. The van der Waals surface area contributed by atoms with Crippen molar-refractivity contribution in [2.75, 3.05) is 11.5 Å². The van der Waals surface area contributed by atoms with Gasteiger partial charge in [0.25, 0.3) is 5.91 Å². The number of aromatic nitrogens is 1. The van der Waals surface area contributed by atoms with Crippen LogP contribution >= 0.6 is 11.3 Å². The quantitative estimate of drug-likeness (QED) is 0.868. The van der Waals surface area contributed by atoms with E-state index in [4.69, 9.17) is 0 Å². The highest BCUT2D eigenvalue weighted by Gasteiger charge is 2.29. The Morgan fingerprint density at radius 3 is 3.00 bits per heavy atom. The maximum absolute atomic E-state index is 11.9. The Hall–Kier alpha value is -1.34. The van der Waals surface area contributed by atoms with Gasteiger partial charge in [0.1, 0.15) is 5.69 Å². The maximum atomic E-state index is 11.9. The standard InChI is InChI=1S/C11H12N2O3S2/c14-11(12-7-2-4-18(15,16)6-7)9-5-10-8(13-9)1-3-17-10/h1,3,5,7,13H,2,4,6H2,(H,12,14). The van der Waals surface area contributed by atoms with Crippen molar-refractivity contribution in [2.24, 2.45) is 0 Å². The molecule has 2 aromatic heterocycles. The minimum atomic E-state index is -2.96. The van der Waals surface area contributed by atoms with Crippen LogP contribution in [0.5, 0.6) is 0 Å². The Morgan fingerprint density at radius 1 is 1.50 bits per heavy atom. The van der Waals surface area contributed by atoms with Crippen LogP contribution in [0.2, 0.25) is 0 Å². The highest BCUT2D eigenvalue weighted by molar-refractivity contribution is 7.91. The third kappa shape index (κ3) is 2.15. The summed E-state index contributed by atoms with van der Waals surface area (Å²) in [6, 6.07) is 3.44. The molecule has 1 amide bonds. The van der Waals surface area contributed by atoms with Crippen LogP contribution in [0.1, 0.15) is 16.9 Å². The molecule has 1 atom stereocenters. The lowest BCUT2D eigenvalue weighted by Gasteiger charge is -2.09. The predicted molar refractivity (Wildman–Crippen MR) is 70.7 cm³/mol. The van der Waals surface area contributed by atoms with Crippen LogP contribution in [0.3, 0.4) is 0 Å². The van der Waals surface area contributed by atoms with Crippen LogP contribution in [-0.4, -0.2) is 36.9 Å². The van der Waals surface area contributed by atoms with Crippen LogP contribution in [0.15, 0.2) is 17.5 Å². The molecule has 18 heavy (non-hydrogen) atoms. The zero-order valence-corrected chi connectivity index (χ0v) is 11.1. The van der Waals surface area contributed by atoms with Crippen molar-refractivity contribution in [3.05, 3.63) is 23.2 Å². The second kappa shape index (κ2) is 4.10. The van der Waals surface area contributed by atoms with Gasteiger partial charge in [0.2, 0.25) is 0 Å². The SMILES string of the molecule is O=C(NC1CCS(=O)(=O)C1)c1cc2sccc2[nH]1. The maximum Gasteiger partial charge on any atom is 0.268 e. The van der Waals surface area contributed by atoms with E-state index in [9.17, 15) is 13.2 Å². The van der Waals surface area contributed by atoms with Crippen LogP contribution in [0.25, 0.3) is 10.2 Å². The van der Waals surface area contributed by atoms with Gasteiger partial charge in [0, 0.05) is 6.04 Å². The number of thiophene rings is 1. The lowest BCUT2D eigenvalue weighted by molar-refractivity contribution is 0.0937. The molecule has 1 aliphatic heterocycles. The molecule has 0 aliphatic carbocycles. The molecule has 5 nitrogen and oxygen atoms in total. The summed E-state index contributed by atoms with van der Waals surface area (Å²) in [4.78, 5) is 15.0. The second-order valence-corrected chi connectivity index (χ2v) is 7.63. The molecule has 1 unspecified atom stereocenters. The first kappa shape index (κ1) is 11.7. The summed E-state index contributed by atoms with van der Waals surface area (Å²) in [7, 11) is -2.96. The summed E-state index contributed by atoms with van der Waals surface area (Å²) < 4.78 is 23.6. The molecule has 3 rings (SSSR count). The Labute approximate surface area is 108 Å². The summed E-state index contributed by atoms with van der Waals surface area (Å²) in [6.45, 7) is 0. The number of aromatic amines is 1. The topological polar surface area (TPSA) is 79.0 Å². The number of carbonyl (C=O) groups is 1. The van der Waals surface area contributed by atoms with E-state index in [2.05, 4.69) is 10.3 Å². The summed E-state index contributed by atoms with van der Waals surface area (Å²) >= 11 is 1.56. The molecule has 0 saturated carbocycles. The molecule has 2 aromatic rings. The third-order valence-corrected chi connectivity index (χ3v) is 5.68. The Kier molecular flexibility index (Phi) is 2.67. The van der Waals surface area contributed by atoms with Crippen molar-refractivity contribution >= 4 is 37.3 Å². The zero-order valence-electron chi connectivity index (χ0n) is 9.47. The number of amides is 1. The molecule has 2 N–H and O–H groups in total. The van der Waals surface area contributed by atoms with Gasteiger partial charge in [0.15, 0.2) is 9.84 Å². The van der Waals surface area contributed by atoms with Gasteiger partial charge in [-0.25, -0.2) is 8.42 Å². The van der Waals surface area contributed by atoms with E-state index >= 15 is 0 Å². The fourth-order valence-corrected chi connectivity index (χ4v) is 4.60. The van der Waals surface area contributed by atoms with Crippen molar-refractivity contribution < 1.29 is 13.2 Å². The lowest BCUT2D eigenvalue weighted by atomic mass is 10.2. The fraction of sp³-hybridized carbons (Fsp3) is 0.364. The van der Waals surface area contributed by atoms with Gasteiger partial charge in [-0.05, 0) is 23.9 Å². The molecule has 1 fully saturated rings. The Bertz CT molecular complexity index is 670. The Morgan fingerprint density at radius 2 is 2.33 bits per heavy atom. The number of sulfone groups is 1. The van der Waals surface area contributed by atoms with Gasteiger partial charge in [-0.2, -0.15) is 0 Å². The van der Waals surface area contributed by atoms with E-state index in [1.165, 1.54) is 0 Å². The molecule has 0 radical (unpaired) electrons. The fourth-order valence-electron chi connectivity index (χ4n) is 2.14. The molecule has 1 aliphatic rings. The number of rotatable bonds is 2. The van der Waals surface area contributed by atoms with Gasteiger partial charge >= 0.3 is 0 Å². The molecular weight excluding hydrogens is 272 g/mol. The monoisotopic (exact) mass is 284 g/mol. The highest BCUT2D eigenvalue weighted by Crippen LogP contribution is 2.21. The number of fused-ring (bicyclic) bond motifs is 1. The summed E-state index contributed by atoms with van der Waals surface area (Å²) in [6.07, 6.45) is 0.503. The van der Waals surface area contributed by atoms with E-state index < -0.39 is 9.84 Å². The first-order valence-corrected chi connectivity index (χ1v) is 8.31. The number of nitrogens with one attached hydrogen (secondary N) is 2. The van der Waals surface area contributed by atoms with E-state index in [0.717, 1.165) is 10.2 Å². The molecule has 7 heteroatoms. The summed E-state index contributed by atoms with van der Waals surface area (Å²) in [5, 5.41) is 4.71. The average Bonchev–Trinajstić information content (AvgIpc) is 2.91. The number of hydrogen-bond acceptors (Lipinski definition) is 4. The van der Waals surface area contributed by atoms with Crippen LogP contribution in [0.4, 0.5) is 0 Å². The summed E-state index contributed by atoms with van der Waals surface area (Å²) in [5.41, 5.74) is 1.42. The van der Waals surface area contributed by atoms with Gasteiger partial charge in [0.05, 0.1) is 21.7 Å². The van der Waals surface area contributed by atoms with Gasteiger partial charge in [-0.1, -0.05) is 0 Å². The average molecular weight is 284 g/mol. The van der Waals surface area contributed by atoms with Crippen molar-refractivity contribution in [2.45, 2.75) is 12.5 Å². The summed E-state index contributed by atoms with van der Waals surface area (Å²) in [5.74, 6) is -0.0218. The van der Waals surface area contributed by atoms with E-state index in [-0.39, 0.29) is 23.5 Å². The number of hydrogen-bond donors (Lipinski definition) is 2. The molecule has 0 spiro atoms. The zero-order chi connectivity index (χ0) is 12.8.